The lowest BCUT2D eigenvalue weighted by atomic mass is 9.74. The van der Waals surface area contributed by atoms with E-state index in [9.17, 15) is 22.8 Å². The van der Waals surface area contributed by atoms with E-state index in [-0.39, 0.29) is 17.7 Å². The molecule has 4 aliphatic rings. The second-order valence-corrected chi connectivity index (χ2v) is 13.1. The Morgan fingerprint density at radius 2 is 1.88 bits per heavy atom. The maximum absolute atomic E-state index is 15.6. The number of alkyl halides is 3. The van der Waals surface area contributed by atoms with Gasteiger partial charge in [0.05, 0.1) is 18.6 Å². The molecule has 250 valence electrons. The van der Waals surface area contributed by atoms with Crippen molar-refractivity contribution >= 4 is 40.1 Å². The third-order valence-corrected chi connectivity index (χ3v) is 9.68. The van der Waals surface area contributed by atoms with Crippen molar-refractivity contribution in [1.82, 2.24) is 29.7 Å². The number of pyridine rings is 1. The van der Waals surface area contributed by atoms with Crippen molar-refractivity contribution in [2.75, 3.05) is 36.4 Å². The second-order valence-electron chi connectivity index (χ2n) is 12.2. The predicted molar refractivity (Wildman–Crippen MR) is 165 cm³/mol. The Morgan fingerprint density at radius 1 is 1.10 bits per heavy atom. The maximum atomic E-state index is 15.6. The van der Waals surface area contributed by atoms with Crippen molar-refractivity contribution in [2.45, 2.75) is 38.1 Å². The first-order chi connectivity index (χ1) is 22.9. The topological polar surface area (TPSA) is 146 Å². The monoisotopic (exact) mass is 684 g/mol. The summed E-state index contributed by atoms with van der Waals surface area (Å²) in [5.74, 6) is -3.15. The Labute approximate surface area is 274 Å². The number of imidazole rings is 1. The molecule has 0 radical (unpaired) electrons. The molecule has 0 saturated carbocycles. The number of amides is 2. The lowest BCUT2D eigenvalue weighted by molar-refractivity contribution is -0.192. The number of fused-ring (bicyclic) bond motifs is 2. The van der Waals surface area contributed by atoms with Crippen LogP contribution in [0, 0.1) is 11.2 Å². The molecule has 3 N–H and O–H groups in total. The molecule has 17 heteroatoms. The minimum Gasteiger partial charge on any atom is -0.475 e. The first kappa shape index (κ1) is 31.7. The molecule has 2 saturated heterocycles. The Morgan fingerprint density at radius 3 is 2.50 bits per heavy atom. The van der Waals surface area contributed by atoms with Gasteiger partial charge in [0, 0.05) is 78.3 Å². The van der Waals surface area contributed by atoms with Gasteiger partial charge in [-0.05, 0) is 42.7 Å². The molecule has 2 amide bonds. The molecule has 0 bridgehead atoms. The van der Waals surface area contributed by atoms with Crippen LogP contribution in [-0.4, -0.2) is 79.7 Å². The molecule has 48 heavy (non-hydrogen) atoms. The molecule has 8 rings (SSSR count). The van der Waals surface area contributed by atoms with Gasteiger partial charge in [-0.25, -0.2) is 24.1 Å². The van der Waals surface area contributed by atoms with E-state index < -0.39 is 35.8 Å². The van der Waals surface area contributed by atoms with Crippen LogP contribution < -0.4 is 15.5 Å². The van der Waals surface area contributed by atoms with E-state index in [0.717, 1.165) is 62.6 Å². The van der Waals surface area contributed by atoms with Gasteiger partial charge in [-0.15, -0.1) is 11.3 Å². The van der Waals surface area contributed by atoms with Crippen LogP contribution in [0.3, 0.4) is 0 Å². The zero-order valence-corrected chi connectivity index (χ0v) is 25.9. The SMILES string of the molecule is O=C(Nc1nccs1)C(c1ncn2c1CCC2)N1Cc2c(F)cc(-c3ccc(N4CC5(CNC5)C4)nc3)cc2C1=O.O=C(O)C(F)(F)F. The van der Waals surface area contributed by atoms with E-state index >= 15 is 4.39 Å². The van der Waals surface area contributed by atoms with Gasteiger partial charge in [0.15, 0.2) is 11.2 Å². The molecular weight excluding hydrogens is 656 g/mol. The largest absolute Gasteiger partial charge is 0.490 e. The molecule has 1 spiro atoms. The lowest BCUT2D eigenvalue weighted by Crippen LogP contribution is -2.71. The van der Waals surface area contributed by atoms with Crippen LogP contribution in [0.25, 0.3) is 11.1 Å². The van der Waals surface area contributed by atoms with Crippen LogP contribution >= 0.6 is 11.3 Å². The molecule has 7 heterocycles. The van der Waals surface area contributed by atoms with Crippen molar-refractivity contribution in [3.8, 4) is 11.1 Å². The van der Waals surface area contributed by atoms with E-state index in [1.807, 2.05) is 16.7 Å². The number of carbonyl (C=O) groups is 3. The maximum Gasteiger partial charge on any atom is 0.490 e. The zero-order valence-electron chi connectivity index (χ0n) is 25.1. The summed E-state index contributed by atoms with van der Waals surface area (Å²) in [6.07, 6.45) is 1.68. The average Bonchev–Trinajstić information content (AvgIpc) is 3.80. The number of anilines is 2. The van der Waals surface area contributed by atoms with Crippen molar-refractivity contribution < 1.29 is 37.1 Å². The van der Waals surface area contributed by atoms with Gasteiger partial charge < -0.3 is 24.8 Å². The third-order valence-electron chi connectivity index (χ3n) is 8.99. The highest BCUT2D eigenvalue weighted by Gasteiger charge is 2.48. The molecule has 2 fully saturated rings. The van der Waals surface area contributed by atoms with Crippen molar-refractivity contribution in [3.05, 3.63) is 76.7 Å². The number of benzene rings is 1. The number of rotatable bonds is 6. The second kappa shape index (κ2) is 12.0. The van der Waals surface area contributed by atoms with E-state index in [2.05, 4.69) is 30.5 Å². The van der Waals surface area contributed by atoms with Crippen LogP contribution in [0.15, 0.2) is 48.4 Å². The summed E-state index contributed by atoms with van der Waals surface area (Å²) in [6, 6.07) is 6.02. The smallest absolute Gasteiger partial charge is 0.475 e. The number of hydrogen-bond donors (Lipinski definition) is 3. The van der Waals surface area contributed by atoms with E-state index in [4.69, 9.17) is 9.90 Å². The van der Waals surface area contributed by atoms with Gasteiger partial charge in [0.1, 0.15) is 11.6 Å². The Balaban J connectivity index is 0.000000473. The summed E-state index contributed by atoms with van der Waals surface area (Å²) in [6.45, 7) is 4.88. The molecule has 0 aliphatic carbocycles. The summed E-state index contributed by atoms with van der Waals surface area (Å²) in [4.78, 5) is 53.4. The number of aromatic nitrogens is 4. The molecule has 1 aromatic carbocycles. The van der Waals surface area contributed by atoms with Crippen LogP contribution in [0.5, 0.6) is 0 Å². The number of halogens is 4. The number of aryl methyl sites for hydroxylation is 1. The summed E-state index contributed by atoms with van der Waals surface area (Å²) in [7, 11) is 0. The standard InChI is InChI=1S/C29H27FN8O2S.C2HF3O2/c30-21-9-18(17-3-4-23(33-10-17)37-14-29(15-37)12-31-13-29)8-19-20(21)11-38(27(19)40)25(26(39)35-28-32-5-7-41-28)24-22-2-1-6-36(22)16-34-24;3-2(4,5)1(6)7/h3-5,7-10,16,25,31H,1-2,6,11-15H2,(H,32,35,39);(H,6,7). The number of carboxylic acids is 1. The highest BCUT2D eigenvalue weighted by Crippen LogP contribution is 2.39. The number of carbonyl (C=O) groups excluding carboxylic acids is 2. The van der Waals surface area contributed by atoms with Crippen LogP contribution in [0.2, 0.25) is 0 Å². The molecule has 4 aromatic rings. The number of thiazole rings is 1. The molecule has 12 nitrogen and oxygen atoms in total. The minimum absolute atomic E-state index is 0.0225. The van der Waals surface area contributed by atoms with Gasteiger partial charge >= 0.3 is 12.1 Å². The predicted octanol–water partition coefficient (Wildman–Crippen LogP) is 3.87. The summed E-state index contributed by atoms with van der Waals surface area (Å²) in [5.41, 5.74) is 3.70. The Hall–Kier alpha value is -4.90. The number of aliphatic carboxylic acids is 1. The number of hydrogen-bond acceptors (Lipinski definition) is 9. The van der Waals surface area contributed by atoms with E-state index in [0.29, 0.717) is 21.8 Å². The highest BCUT2D eigenvalue weighted by atomic mass is 32.1. The normalized spacial score (nSPS) is 18.0. The van der Waals surface area contributed by atoms with Gasteiger partial charge in [-0.1, -0.05) is 0 Å². The Bertz CT molecular complexity index is 1890. The first-order valence-electron chi connectivity index (χ1n) is 15.0. The molecule has 3 aromatic heterocycles. The van der Waals surface area contributed by atoms with Crippen molar-refractivity contribution in [1.29, 1.82) is 0 Å². The fraction of sp³-hybridized carbons (Fsp3) is 0.355. The quantitative estimate of drug-likeness (QED) is 0.258. The molecule has 1 atom stereocenters. The van der Waals surface area contributed by atoms with E-state index in [1.165, 1.54) is 22.3 Å². The van der Waals surface area contributed by atoms with Gasteiger partial charge in [-0.2, -0.15) is 13.2 Å². The van der Waals surface area contributed by atoms with Crippen LogP contribution in [0.1, 0.15) is 39.8 Å². The Kier molecular flexibility index (Phi) is 7.90. The number of carboxylic acid groups (broad SMARTS) is 1. The average molecular weight is 685 g/mol. The first-order valence-corrected chi connectivity index (χ1v) is 15.9. The van der Waals surface area contributed by atoms with Crippen molar-refractivity contribution in [3.63, 3.8) is 0 Å². The van der Waals surface area contributed by atoms with E-state index in [1.54, 1.807) is 30.2 Å². The highest BCUT2D eigenvalue weighted by molar-refractivity contribution is 7.13. The lowest BCUT2D eigenvalue weighted by Gasteiger charge is -2.56. The molecular formula is C31H28F4N8O4S. The van der Waals surface area contributed by atoms with Gasteiger partial charge in [0.2, 0.25) is 0 Å². The van der Waals surface area contributed by atoms with Gasteiger partial charge in [-0.3, -0.25) is 14.9 Å². The molecule has 1 unspecified atom stereocenters. The van der Waals surface area contributed by atoms with Gasteiger partial charge in [0.25, 0.3) is 11.8 Å². The number of nitrogens with zero attached hydrogens (tertiary/aromatic N) is 6. The summed E-state index contributed by atoms with van der Waals surface area (Å²) < 4.78 is 49.3. The molecule has 4 aliphatic heterocycles. The summed E-state index contributed by atoms with van der Waals surface area (Å²) >= 11 is 1.29. The third kappa shape index (κ3) is 5.76. The van der Waals surface area contributed by atoms with Crippen molar-refractivity contribution in [2.24, 2.45) is 5.41 Å². The minimum atomic E-state index is -5.08. The van der Waals surface area contributed by atoms with Crippen LogP contribution in [-0.2, 0) is 29.1 Å². The van der Waals surface area contributed by atoms with Crippen LogP contribution in [0.4, 0.5) is 28.5 Å². The summed E-state index contributed by atoms with van der Waals surface area (Å²) in [5, 5.41) is 15.5. The fourth-order valence-electron chi connectivity index (χ4n) is 6.54. The number of nitrogens with one attached hydrogen (secondary N) is 2. The zero-order chi connectivity index (χ0) is 33.8. The fourth-order valence-corrected chi connectivity index (χ4v) is 7.07.